The molecular weight excluding hydrogens is 240 g/mol. The maximum atomic E-state index is 9.14. The molecule has 0 aliphatic rings. The van der Waals surface area contributed by atoms with Gasteiger partial charge >= 0.3 is 0 Å². The van der Waals surface area contributed by atoms with Crippen LogP contribution in [-0.2, 0) is 0 Å². The fourth-order valence-electron chi connectivity index (χ4n) is 1.89. The van der Waals surface area contributed by atoms with Crippen LogP contribution in [0.1, 0.15) is 26.7 Å². The number of halogens is 1. The van der Waals surface area contributed by atoms with Crippen LogP contribution in [0.5, 0.6) is 0 Å². The standard InChI is InChI=1S/C11H19ClN4O/c1-3-8(4-2)16(5-6-17)11-9(13)10(12)14-7-15-11/h7-8,17H,3-6,13H2,1-2H3. The topological polar surface area (TPSA) is 75.3 Å². The predicted octanol–water partition coefficient (Wildman–Crippen LogP) is 1.70. The third kappa shape index (κ3) is 3.20. The van der Waals surface area contributed by atoms with E-state index in [-0.39, 0.29) is 17.8 Å². The van der Waals surface area contributed by atoms with Crippen molar-refractivity contribution >= 4 is 23.1 Å². The van der Waals surface area contributed by atoms with Crippen molar-refractivity contribution in [2.75, 3.05) is 23.8 Å². The van der Waals surface area contributed by atoms with Crippen LogP contribution in [0, 0.1) is 0 Å². The van der Waals surface area contributed by atoms with Crippen LogP contribution in [0.2, 0.25) is 5.15 Å². The first-order valence-electron chi connectivity index (χ1n) is 5.79. The maximum absolute atomic E-state index is 9.14. The second kappa shape index (κ2) is 6.61. The molecule has 6 heteroatoms. The van der Waals surface area contributed by atoms with Crippen molar-refractivity contribution < 1.29 is 5.11 Å². The van der Waals surface area contributed by atoms with E-state index >= 15 is 0 Å². The van der Waals surface area contributed by atoms with Crippen molar-refractivity contribution in [1.82, 2.24) is 9.97 Å². The number of nitrogen functional groups attached to an aromatic ring is 1. The van der Waals surface area contributed by atoms with Gasteiger partial charge in [-0.2, -0.15) is 0 Å². The van der Waals surface area contributed by atoms with Gasteiger partial charge in [0.1, 0.15) is 12.0 Å². The summed E-state index contributed by atoms with van der Waals surface area (Å²) in [6.45, 7) is 4.73. The molecule has 1 aromatic heterocycles. The van der Waals surface area contributed by atoms with Crippen LogP contribution in [0.25, 0.3) is 0 Å². The van der Waals surface area contributed by atoms with Crippen LogP contribution < -0.4 is 10.6 Å². The predicted molar refractivity (Wildman–Crippen MR) is 70.3 cm³/mol. The molecule has 1 aromatic rings. The molecule has 0 saturated heterocycles. The molecule has 17 heavy (non-hydrogen) atoms. The lowest BCUT2D eigenvalue weighted by atomic mass is 10.1. The fourth-order valence-corrected chi connectivity index (χ4v) is 2.02. The van der Waals surface area contributed by atoms with Crippen LogP contribution >= 0.6 is 11.6 Å². The van der Waals surface area contributed by atoms with Gasteiger partial charge in [-0.05, 0) is 12.8 Å². The van der Waals surface area contributed by atoms with Crippen LogP contribution in [-0.4, -0.2) is 34.3 Å². The lowest BCUT2D eigenvalue weighted by Gasteiger charge is -2.31. The second-order valence-corrected chi connectivity index (χ2v) is 4.15. The highest BCUT2D eigenvalue weighted by Crippen LogP contribution is 2.28. The Labute approximate surface area is 107 Å². The SMILES string of the molecule is CCC(CC)N(CCO)c1ncnc(Cl)c1N. The molecule has 0 bridgehead atoms. The van der Waals surface area contributed by atoms with Gasteiger partial charge in [-0.25, -0.2) is 9.97 Å². The Hall–Kier alpha value is -1.07. The van der Waals surface area contributed by atoms with Gasteiger partial charge < -0.3 is 15.7 Å². The number of aromatic nitrogens is 2. The molecule has 0 aromatic carbocycles. The maximum Gasteiger partial charge on any atom is 0.157 e. The van der Waals surface area contributed by atoms with E-state index in [4.69, 9.17) is 22.4 Å². The third-order valence-corrected chi connectivity index (χ3v) is 3.11. The first kappa shape index (κ1) is 14.0. The van der Waals surface area contributed by atoms with Gasteiger partial charge in [0.2, 0.25) is 0 Å². The molecule has 0 spiro atoms. The summed E-state index contributed by atoms with van der Waals surface area (Å²) in [5, 5.41) is 9.39. The first-order valence-corrected chi connectivity index (χ1v) is 6.16. The second-order valence-electron chi connectivity index (χ2n) is 3.79. The number of rotatable bonds is 6. The summed E-state index contributed by atoms with van der Waals surface area (Å²) in [5.74, 6) is 0.604. The molecule has 0 aliphatic carbocycles. The molecule has 0 fully saturated rings. The van der Waals surface area contributed by atoms with Gasteiger partial charge in [0.25, 0.3) is 0 Å². The van der Waals surface area contributed by atoms with Crippen molar-refractivity contribution in [3.63, 3.8) is 0 Å². The number of aliphatic hydroxyl groups is 1. The summed E-state index contributed by atoms with van der Waals surface area (Å²) in [4.78, 5) is 9.99. The van der Waals surface area contributed by atoms with Crippen LogP contribution in [0.3, 0.4) is 0 Å². The molecule has 0 unspecified atom stereocenters. The minimum absolute atomic E-state index is 0.0531. The van der Waals surface area contributed by atoms with Crippen LogP contribution in [0.4, 0.5) is 11.5 Å². The zero-order chi connectivity index (χ0) is 12.8. The van der Waals surface area contributed by atoms with E-state index in [0.717, 1.165) is 12.8 Å². The van der Waals surface area contributed by atoms with Crippen molar-refractivity contribution in [1.29, 1.82) is 0 Å². The molecule has 0 amide bonds. The molecule has 96 valence electrons. The Morgan fingerprint density at radius 3 is 2.59 bits per heavy atom. The van der Waals surface area contributed by atoms with Crippen molar-refractivity contribution in [3.05, 3.63) is 11.5 Å². The van der Waals surface area contributed by atoms with Crippen molar-refractivity contribution in [3.8, 4) is 0 Å². The van der Waals surface area contributed by atoms with E-state index in [0.29, 0.717) is 18.1 Å². The summed E-state index contributed by atoms with van der Waals surface area (Å²) < 4.78 is 0. The van der Waals surface area contributed by atoms with E-state index in [9.17, 15) is 0 Å². The lowest BCUT2D eigenvalue weighted by molar-refractivity contribution is 0.295. The van der Waals surface area contributed by atoms with Crippen LogP contribution in [0.15, 0.2) is 6.33 Å². The van der Waals surface area contributed by atoms with E-state index in [2.05, 4.69) is 23.8 Å². The average molecular weight is 259 g/mol. The Morgan fingerprint density at radius 2 is 2.06 bits per heavy atom. The third-order valence-electron chi connectivity index (χ3n) is 2.81. The average Bonchev–Trinajstić information content (AvgIpc) is 2.33. The minimum Gasteiger partial charge on any atom is -0.395 e. The van der Waals surface area contributed by atoms with Gasteiger partial charge in [-0.3, -0.25) is 0 Å². The largest absolute Gasteiger partial charge is 0.395 e. The Balaban J connectivity index is 3.08. The Bertz CT molecular complexity index is 357. The smallest absolute Gasteiger partial charge is 0.157 e. The Kier molecular flexibility index (Phi) is 5.44. The van der Waals surface area contributed by atoms with Gasteiger partial charge in [-0.15, -0.1) is 0 Å². The van der Waals surface area contributed by atoms with Gasteiger partial charge in [-0.1, -0.05) is 25.4 Å². The summed E-state index contributed by atoms with van der Waals surface area (Å²) in [7, 11) is 0. The molecule has 5 nitrogen and oxygen atoms in total. The van der Waals surface area contributed by atoms with E-state index < -0.39 is 0 Å². The normalized spacial score (nSPS) is 10.9. The first-order chi connectivity index (χ1) is 8.15. The van der Waals surface area contributed by atoms with Crippen molar-refractivity contribution in [2.45, 2.75) is 32.7 Å². The Morgan fingerprint density at radius 1 is 1.41 bits per heavy atom. The summed E-state index contributed by atoms with van der Waals surface area (Å²) in [5.41, 5.74) is 6.25. The highest BCUT2D eigenvalue weighted by Gasteiger charge is 2.20. The van der Waals surface area contributed by atoms with Gasteiger partial charge in [0, 0.05) is 12.6 Å². The summed E-state index contributed by atoms with van der Waals surface area (Å²) in [6.07, 6.45) is 3.30. The highest BCUT2D eigenvalue weighted by molar-refractivity contribution is 6.32. The highest BCUT2D eigenvalue weighted by atomic mass is 35.5. The number of nitrogens with zero attached hydrogens (tertiary/aromatic N) is 3. The molecule has 0 radical (unpaired) electrons. The minimum atomic E-state index is 0.0531. The monoisotopic (exact) mass is 258 g/mol. The number of nitrogens with two attached hydrogens (primary N) is 1. The number of aliphatic hydroxyl groups excluding tert-OH is 1. The zero-order valence-electron chi connectivity index (χ0n) is 10.2. The molecule has 3 N–H and O–H groups in total. The van der Waals surface area contributed by atoms with Gasteiger partial charge in [0.05, 0.1) is 6.61 Å². The molecule has 0 aliphatic heterocycles. The summed E-state index contributed by atoms with van der Waals surface area (Å²) in [6, 6.07) is 0.287. The molecular formula is C11H19ClN4O. The lowest BCUT2D eigenvalue weighted by Crippen LogP contribution is -2.38. The van der Waals surface area contributed by atoms with E-state index in [1.54, 1.807) is 0 Å². The molecule has 1 rings (SSSR count). The van der Waals surface area contributed by atoms with E-state index in [1.165, 1.54) is 6.33 Å². The number of hydrogen-bond donors (Lipinski definition) is 2. The quantitative estimate of drug-likeness (QED) is 0.760. The van der Waals surface area contributed by atoms with E-state index in [1.807, 2.05) is 4.90 Å². The summed E-state index contributed by atoms with van der Waals surface area (Å²) >= 11 is 5.88. The molecule has 0 atom stereocenters. The molecule has 1 heterocycles. The van der Waals surface area contributed by atoms with Crippen molar-refractivity contribution in [2.24, 2.45) is 0 Å². The zero-order valence-corrected chi connectivity index (χ0v) is 11.0. The number of hydrogen-bond acceptors (Lipinski definition) is 5. The molecule has 0 saturated carbocycles. The van der Waals surface area contributed by atoms with Gasteiger partial charge in [0.15, 0.2) is 11.0 Å². The number of anilines is 2. The fraction of sp³-hybridized carbons (Fsp3) is 0.636.